The first-order valence-corrected chi connectivity index (χ1v) is 6.59. The van der Waals surface area contributed by atoms with Crippen molar-refractivity contribution in [3.05, 3.63) is 17.8 Å². The molecule has 112 valence electrons. The number of aryl methyl sites for hydroxylation is 1. The predicted molar refractivity (Wildman–Crippen MR) is 72.5 cm³/mol. The van der Waals surface area contributed by atoms with Gasteiger partial charge in [0.25, 0.3) is 0 Å². The number of anilines is 2. The third-order valence-electron chi connectivity index (χ3n) is 3.47. The Labute approximate surface area is 116 Å². The van der Waals surface area contributed by atoms with E-state index < -0.39 is 12.7 Å². The summed E-state index contributed by atoms with van der Waals surface area (Å²) in [5, 5.41) is 3.16. The Balaban J connectivity index is 1.79. The quantitative estimate of drug-likeness (QED) is 0.892. The number of hydrogen-bond donors (Lipinski definition) is 2. The van der Waals surface area contributed by atoms with Crippen molar-refractivity contribution in [3.8, 4) is 0 Å². The summed E-state index contributed by atoms with van der Waals surface area (Å²) in [6, 6.07) is 3.56. The zero-order valence-electron chi connectivity index (χ0n) is 11.4. The largest absolute Gasteiger partial charge is 0.401 e. The number of pyridine rings is 1. The van der Waals surface area contributed by atoms with Gasteiger partial charge in [0.1, 0.15) is 5.82 Å². The number of alkyl halides is 3. The fourth-order valence-electron chi connectivity index (χ4n) is 2.40. The van der Waals surface area contributed by atoms with E-state index in [1.165, 1.54) is 4.90 Å². The Morgan fingerprint density at radius 3 is 2.85 bits per heavy atom. The number of rotatable bonds is 4. The molecule has 1 saturated heterocycles. The Morgan fingerprint density at radius 2 is 2.20 bits per heavy atom. The molecule has 0 aliphatic carbocycles. The minimum atomic E-state index is -4.11. The van der Waals surface area contributed by atoms with E-state index in [9.17, 15) is 13.2 Å². The Hall–Kier alpha value is -1.50. The van der Waals surface area contributed by atoms with E-state index in [4.69, 9.17) is 5.73 Å². The zero-order valence-corrected chi connectivity index (χ0v) is 11.4. The molecule has 1 unspecified atom stereocenters. The highest BCUT2D eigenvalue weighted by Gasteiger charge is 2.34. The van der Waals surface area contributed by atoms with Gasteiger partial charge < -0.3 is 11.1 Å². The summed E-state index contributed by atoms with van der Waals surface area (Å²) < 4.78 is 36.9. The fraction of sp³-hybridized carbons (Fsp3) is 0.615. The van der Waals surface area contributed by atoms with Crippen molar-refractivity contribution >= 4 is 11.5 Å². The van der Waals surface area contributed by atoms with Crippen molar-refractivity contribution in [2.24, 2.45) is 5.92 Å². The molecule has 0 bridgehead atoms. The molecular weight excluding hydrogens is 269 g/mol. The second-order valence-electron chi connectivity index (χ2n) is 5.26. The number of likely N-dealkylation sites (tertiary alicyclic amines) is 1. The monoisotopic (exact) mass is 288 g/mol. The summed E-state index contributed by atoms with van der Waals surface area (Å²) in [7, 11) is 0. The molecule has 4 nitrogen and oxygen atoms in total. The maximum absolute atomic E-state index is 12.3. The smallest absolute Gasteiger partial charge is 0.397 e. The van der Waals surface area contributed by atoms with Crippen molar-refractivity contribution in [2.45, 2.75) is 19.5 Å². The van der Waals surface area contributed by atoms with Crippen LogP contribution in [0.5, 0.6) is 0 Å². The normalized spacial score (nSPS) is 20.3. The van der Waals surface area contributed by atoms with Gasteiger partial charge in [-0.3, -0.25) is 4.90 Å². The molecule has 0 amide bonds. The molecule has 0 radical (unpaired) electrons. The van der Waals surface area contributed by atoms with Gasteiger partial charge in [-0.1, -0.05) is 0 Å². The van der Waals surface area contributed by atoms with Crippen molar-refractivity contribution in [2.75, 3.05) is 37.2 Å². The average Bonchev–Trinajstić information content (AvgIpc) is 2.76. The Morgan fingerprint density at radius 1 is 1.45 bits per heavy atom. The highest BCUT2D eigenvalue weighted by atomic mass is 19.4. The van der Waals surface area contributed by atoms with Crippen LogP contribution in [0.3, 0.4) is 0 Å². The molecule has 1 aromatic heterocycles. The number of nitrogens with two attached hydrogens (primary N) is 1. The molecule has 20 heavy (non-hydrogen) atoms. The maximum Gasteiger partial charge on any atom is 0.401 e. The van der Waals surface area contributed by atoms with Crippen molar-refractivity contribution in [3.63, 3.8) is 0 Å². The van der Waals surface area contributed by atoms with Crippen molar-refractivity contribution < 1.29 is 13.2 Å². The van der Waals surface area contributed by atoms with Crippen LogP contribution >= 0.6 is 0 Å². The van der Waals surface area contributed by atoms with Gasteiger partial charge in [0.15, 0.2) is 0 Å². The van der Waals surface area contributed by atoms with E-state index in [1.54, 1.807) is 12.1 Å². The fourth-order valence-corrected chi connectivity index (χ4v) is 2.40. The van der Waals surface area contributed by atoms with E-state index in [0.717, 1.165) is 12.1 Å². The lowest BCUT2D eigenvalue weighted by molar-refractivity contribution is -0.143. The lowest BCUT2D eigenvalue weighted by Gasteiger charge is -2.18. The number of nitrogens with one attached hydrogen (secondary N) is 1. The van der Waals surface area contributed by atoms with Crippen LogP contribution in [0.2, 0.25) is 0 Å². The van der Waals surface area contributed by atoms with Crippen LogP contribution < -0.4 is 11.1 Å². The first kappa shape index (κ1) is 14.9. The van der Waals surface area contributed by atoms with Crippen LogP contribution in [0.4, 0.5) is 24.7 Å². The van der Waals surface area contributed by atoms with Crippen LogP contribution in [-0.4, -0.2) is 42.2 Å². The minimum absolute atomic E-state index is 0.219. The number of hydrogen-bond acceptors (Lipinski definition) is 4. The van der Waals surface area contributed by atoms with Crippen LogP contribution in [-0.2, 0) is 0 Å². The van der Waals surface area contributed by atoms with Gasteiger partial charge in [0.2, 0.25) is 0 Å². The van der Waals surface area contributed by atoms with Gasteiger partial charge in [-0.05, 0) is 37.9 Å². The zero-order chi connectivity index (χ0) is 14.8. The van der Waals surface area contributed by atoms with Gasteiger partial charge in [-0.2, -0.15) is 13.2 Å². The molecule has 1 aliphatic rings. The van der Waals surface area contributed by atoms with E-state index in [-0.39, 0.29) is 5.92 Å². The van der Waals surface area contributed by atoms with E-state index >= 15 is 0 Å². The number of nitrogens with zero attached hydrogens (tertiary/aromatic N) is 2. The van der Waals surface area contributed by atoms with E-state index in [1.807, 2.05) is 6.92 Å². The Kier molecular flexibility index (Phi) is 4.37. The predicted octanol–water partition coefficient (Wildman–Crippen LogP) is 2.27. The van der Waals surface area contributed by atoms with Gasteiger partial charge in [0.05, 0.1) is 17.9 Å². The van der Waals surface area contributed by atoms with Crippen LogP contribution in [0, 0.1) is 12.8 Å². The molecule has 3 N–H and O–H groups in total. The van der Waals surface area contributed by atoms with Gasteiger partial charge in [-0.15, -0.1) is 0 Å². The van der Waals surface area contributed by atoms with Crippen molar-refractivity contribution in [1.82, 2.24) is 9.88 Å². The first-order valence-electron chi connectivity index (χ1n) is 6.59. The van der Waals surface area contributed by atoms with Crippen LogP contribution in [0.1, 0.15) is 12.1 Å². The third-order valence-corrected chi connectivity index (χ3v) is 3.47. The summed E-state index contributed by atoms with van der Waals surface area (Å²) in [6.45, 7) is 2.61. The van der Waals surface area contributed by atoms with Crippen LogP contribution in [0.15, 0.2) is 12.1 Å². The summed E-state index contributed by atoms with van der Waals surface area (Å²) in [5.74, 6) is 0.933. The molecule has 1 aliphatic heterocycles. The summed E-state index contributed by atoms with van der Waals surface area (Å²) in [5.41, 5.74) is 7.06. The SMILES string of the molecule is Cc1nc(NCC2CCN(CC(F)(F)F)C2)ccc1N. The number of aromatic nitrogens is 1. The molecule has 1 atom stereocenters. The van der Waals surface area contributed by atoms with E-state index in [2.05, 4.69) is 10.3 Å². The molecule has 1 fully saturated rings. The highest BCUT2D eigenvalue weighted by Crippen LogP contribution is 2.23. The molecule has 0 aromatic carbocycles. The molecule has 0 spiro atoms. The highest BCUT2D eigenvalue weighted by molar-refractivity contribution is 5.49. The molecule has 7 heteroatoms. The first-order chi connectivity index (χ1) is 9.33. The Bertz CT molecular complexity index is 461. The van der Waals surface area contributed by atoms with Gasteiger partial charge >= 0.3 is 6.18 Å². The van der Waals surface area contributed by atoms with E-state index in [0.29, 0.717) is 31.1 Å². The average molecular weight is 288 g/mol. The van der Waals surface area contributed by atoms with Gasteiger partial charge in [0, 0.05) is 13.1 Å². The van der Waals surface area contributed by atoms with Crippen LogP contribution in [0.25, 0.3) is 0 Å². The molecule has 2 heterocycles. The molecular formula is C13H19F3N4. The second kappa shape index (κ2) is 5.87. The molecule has 1 aromatic rings. The minimum Gasteiger partial charge on any atom is -0.397 e. The standard InChI is InChI=1S/C13H19F3N4/c1-9-11(17)2-3-12(19-9)18-6-10-4-5-20(7-10)8-13(14,15)16/h2-3,10H,4-8,17H2,1H3,(H,18,19). The van der Waals surface area contributed by atoms with Crippen molar-refractivity contribution in [1.29, 1.82) is 0 Å². The number of nitrogen functional groups attached to an aromatic ring is 1. The summed E-state index contributed by atoms with van der Waals surface area (Å²) >= 11 is 0. The number of halogens is 3. The second-order valence-corrected chi connectivity index (χ2v) is 5.26. The molecule has 2 rings (SSSR count). The summed E-state index contributed by atoms with van der Waals surface area (Å²) in [4.78, 5) is 5.73. The topological polar surface area (TPSA) is 54.2 Å². The lowest BCUT2D eigenvalue weighted by Crippen LogP contribution is -2.33. The summed E-state index contributed by atoms with van der Waals surface area (Å²) in [6.07, 6.45) is -3.34. The third kappa shape index (κ3) is 4.26. The lowest BCUT2D eigenvalue weighted by atomic mass is 10.1. The van der Waals surface area contributed by atoms with Gasteiger partial charge in [-0.25, -0.2) is 4.98 Å². The maximum atomic E-state index is 12.3. The molecule has 0 saturated carbocycles.